The molecule has 8 aliphatic carbocycles. The van der Waals surface area contributed by atoms with Crippen LogP contribution in [0.25, 0.3) is 0 Å². The summed E-state index contributed by atoms with van der Waals surface area (Å²) in [5, 5.41) is 0. The van der Waals surface area contributed by atoms with Gasteiger partial charge in [0.15, 0.2) is 0 Å². The summed E-state index contributed by atoms with van der Waals surface area (Å²) in [7, 11) is 0. The highest BCUT2D eigenvalue weighted by Gasteiger charge is 3.13. The van der Waals surface area contributed by atoms with Crippen molar-refractivity contribution in [3.05, 3.63) is 0 Å². The third kappa shape index (κ3) is 1.08. The zero-order valence-corrected chi connectivity index (χ0v) is 16.6. The molecule has 0 N–H and O–H groups in total. The van der Waals surface area contributed by atoms with Gasteiger partial charge in [-0.25, -0.2) is 0 Å². The van der Waals surface area contributed by atoms with Crippen LogP contribution in [0.4, 0.5) is 0 Å². The second-order valence-corrected chi connectivity index (χ2v) is 12.3. The molecule has 0 aromatic heterocycles. The Labute approximate surface area is 166 Å². The molecule has 2 aliphatic heterocycles. The Balaban J connectivity index is 0.996. The van der Waals surface area contributed by atoms with Crippen molar-refractivity contribution in [1.29, 1.82) is 0 Å². The van der Waals surface area contributed by atoms with Crippen molar-refractivity contribution >= 4 is 11.8 Å². The fourth-order valence-electron chi connectivity index (χ4n) is 11.7. The number of nitrogens with zero attached hydrogens (tertiary/aromatic N) is 2. The topological polar surface area (TPSA) is 40.6 Å². The minimum absolute atomic E-state index is 0.0560. The molecule has 2 heterocycles. The van der Waals surface area contributed by atoms with Crippen LogP contribution < -0.4 is 0 Å². The van der Waals surface area contributed by atoms with Crippen molar-refractivity contribution in [3.63, 3.8) is 0 Å². The van der Waals surface area contributed by atoms with E-state index in [0.29, 0.717) is 59.4 Å². The van der Waals surface area contributed by atoms with Crippen LogP contribution in [0.1, 0.15) is 51.4 Å². The molecule has 4 heteroatoms. The van der Waals surface area contributed by atoms with Crippen molar-refractivity contribution in [2.75, 3.05) is 13.1 Å². The average molecular weight is 379 g/mol. The van der Waals surface area contributed by atoms with Gasteiger partial charge >= 0.3 is 0 Å². The van der Waals surface area contributed by atoms with Crippen LogP contribution in [0.15, 0.2) is 0 Å². The molecule has 0 radical (unpaired) electrons. The van der Waals surface area contributed by atoms with E-state index in [2.05, 4.69) is 9.80 Å². The number of carbonyl (C=O) groups excluding carboxylic acids is 2. The van der Waals surface area contributed by atoms with E-state index in [-0.39, 0.29) is 10.8 Å². The van der Waals surface area contributed by atoms with Crippen LogP contribution in [-0.4, -0.2) is 46.8 Å². The van der Waals surface area contributed by atoms with E-state index in [9.17, 15) is 9.59 Å². The largest absolute Gasteiger partial charge is 0.339 e. The van der Waals surface area contributed by atoms with Gasteiger partial charge in [-0.1, -0.05) is 12.8 Å². The number of hydrogen-bond donors (Lipinski definition) is 0. The number of fused-ring (bicyclic) bond motifs is 4. The Bertz CT molecular complexity index is 741. The van der Waals surface area contributed by atoms with Gasteiger partial charge < -0.3 is 9.80 Å². The van der Waals surface area contributed by atoms with E-state index in [1.165, 1.54) is 51.4 Å². The lowest BCUT2D eigenvalue weighted by Gasteiger charge is -3.10. The van der Waals surface area contributed by atoms with Gasteiger partial charge in [0.05, 0.1) is 10.8 Å². The van der Waals surface area contributed by atoms with E-state index in [0.717, 1.165) is 24.9 Å². The minimum Gasteiger partial charge on any atom is -0.339 e. The SMILES string of the molecule is O=C(N1CC2CCCC1C2)C12C3C4C1C1C2C3C41C(=O)N1CC2CCCC1C2. The van der Waals surface area contributed by atoms with Crippen LogP contribution in [0.2, 0.25) is 0 Å². The second-order valence-electron chi connectivity index (χ2n) is 12.3. The van der Waals surface area contributed by atoms with Crippen molar-refractivity contribution in [3.8, 4) is 0 Å². The molecule has 2 amide bonds. The molecule has 0 spiro atoms. The van der Waals surface area contributed by atoms with Gasteiger partial charge in [0.2, 0.25) is 11.8 Å². The Morgan fingerprint density at radius 2 is 1.00 bits per heavy atom. The van der Waals surface area contributed by atoms with E-state index in [4.69, 9.17) is 0 Å². The fraction of sp³-hybridized carbons (Fsp3) is 0.917. The maximum atomic E-state index is 13.7. The molecular weight excluding hydrogens is 348 g/mol. The van der Waals surface area contributed by atoms with Crippen LogP contribution in [-0.2, 0) is 9.59 Å². The average Bonchev–Trinajstić information content (AvgIpc) is 3.20. The minimum atomic E-state index is 0.0560. The molecule has 4 bridgehead atoms. The number of amides is 2. The lowest BCUT2D eigenvalue weighted by atomic mass is 8.92. The molecule has 4 nitrogen and oxygen atoms in total. The van der Waals surface area contributed by atoms with E-state index in [1.54, 1.807) is 0 Å². The number of likely N-dealkylation sites (tertiary alicyclic amines) is 2. The molecule has 2 saturated heterocycles. The zero-order valence-electron chi connectivity index (χ0n) is 16.6. The third-order valence-corrected chi connectivity index (χ3v) is 12.2. The third-order valence-electron chi connectivity index (χ3n) is 12.2. The predicted octanol–water partition coefficient (Wildman–Crippen LogP) is 2.53. The highest BCUT2D eigenvalue weighted by atomic mass is 16.2. The lowest BCUT2D eigenvalue weighted by Crippen LogP contribution is -3.12. The van der Waals surface area contributed by atoms with Gasteiger partial charge in [-0.3, -0.25) is 9.59 Å². The Morgan fingerprint density at radius 1 is 0.607 bits per heavy atom. The maximum absolute atomic E-state index is 13.7. The van der Waals surface area contributed by atoms with Crippen molar-refractivity contribution in [1.82, 2.24) is 9.80 Å². The molecule has 10 fully saturated rings. The molecule has 4 atom stereocenters. The molecule has 0 aromatic carbocycles. The molecule has 4 unspecified atom stereocenters. The van der Waals surface area contributed by atoms with Gasteiger partial charge in [0.25, 0.3) is 0 Å². The molecule has 10 aliphatic rings. The summed E-state index contributed by atoms with van der Waals surface area (Å²) in [5.41, 5.74) is 0.112. The van der Waals surface area contributed by atoms with Gasteiger partial charge in [-0.15, -0.1) is 0 Å². The summed E-state index contributed by atoms with van der Waals surface area (Å²) in [4.78, 5) is 32.1. The lowest BCUT2D eigenvalue weighted by molar-refractivity contribution is -0.626. The van der Waals surface area contributed by atoms with E-state index < -0.39 is 0 Å². The summed E-state index contributed by atoms with van der Waals surface area (Å²) in [6, 6.07) is 1.12. The Kier molecular flexibility index (Phi) is 2.16. The van der Waals surface area contributed by atoms with Gasteiger partial charge in [-0.05, 0) is 85.9 Å². The highest BCUT2D eigenvalue weighted by Crippen LogP contribution is 3.10. The predicted molar refractivity (Wildman–Crippen MR) is 101 cm³/mol. The number of hydrogen-bond acceptors (Lipinski definition) is 2. The maximum Gasteiger partial charge on any atom is 0.229 e. The first-order valence-electron chi connectivity index (χ1n) is 12.3. The van der Waals surface area contributed by atoms with Crippen molar-refractivity contribution in [2.24, 2.45) is 58.2 Å². The Hall–Kier alpha value is -1.06. The summed E-state index contributed by atoms with van der Waals surface area (Å²) in [6.07, 6.45) is 10.4. The molecule has 10 rings (SSSR count). The second kappa shape index (κ2) is 4.07. The quantitative estimate of drug-likeness (QED) is 0.741. The fourth-order valence-corrected chi connectivity index (χ4v) is 11.7. The highest BCUT2D eigenvalue weighted by molar-refractivity contribution is 6.00. The first kappa shape index (κ1) is 14.8. The number of rotatable bonds is 2. The standard InChI is InChI=1S/C24H30N2O2/c27-21(25-9-11-3-1-5-13(25)7-11)23-15-18-16(23)20-17(23)19(15)24(18,20)22(28)26-10-12-4-2-6-14(26)8-12/h11-20H,1-10H2. The molecular formula is C24H30N2O2. The summed E-state index contributed by atoms with van der Waals surface area (Å²) >= 11 is 0. The first-order valence-corrected chi connectivity index (χ1v) is 12.3. The zero-order chi connectivity index (χ0) is 18.2. The molecule has 0 aromatic rings. The summed E-state index contributed by atoms with van der Waals surface area (Å²) < 4.78 is 0. The van der Waals surface area contributed by atoms with Gasteiger partial charge in [0.1, 0.15) is 0 Å². The van der Waals surface area contributed by atoms with E-state index in [1.807, 2.05) is 0 Å². The van der Waals surface area contributed by atoms with Crippen molar-refractivity contribution < 1.29 is 9.59 Å². The molecule has 28 heavy (non-hydrogen) atoms. The molecule has 8 saturated carbocycles. The molecule has 148 valence electrons. The Morgan fingerprint density at radius 3 is 1.36 bits per heavy atom. The van der Waals surface area contributed by atoms with E-state index >= 15 is 0 Å². The normalized spacial score (nSPS) is 64.9. The van der Waals surface area contributed by atoms with Gasteiger partial charge in [0, 0.05) is 25.2 Å². The monoisotopic (exact) mass is 378 g/mol. The van der Waals surface area contributed by atoms with Gasteiger partial charge in [-0.2, -0.15) is 0 Å². The van der Waals surface area contributed by atoms with Crippen LogP contribution in [0.5, 0.6) is 0 Å². The summed E-state index contributed by atoms with van der Waals surface area (Å²) in [5.74, 6) is 6.40. The first-order chi connectivity index (χ1) is 13.7. The van der Waals surface area contributed by atoms with Crippen LogP contribution in [0, 0.1) is 58.2 Å². The van der Waals surface area contributed by atoms with Crippen molar-refractivity contribution in [2.45, 2.75) is 63.5 Å². The van der Waals surface area contributed by atoms with Crippen LogP contribution >= 0.6 is 0 Å². The van der Waals surface area contributed by atoms with Crippen LogP contribution in [0.3, 0.4) is 0 Å². The number of carbonyl (C=O) groups is 2. The smallest absolute Gasteiger partial charge is 0.229 e. The summed E-state index contributed by atoms with van der Waals surface area (Å²) in [6.45, 7) is 2.11.